The second kappa shape index (κ2) is 9.91. The summed E-state index contributed by atoms with van der Waals surface area (Å²) in [7, 11) is 0. The van der Waals surface area contributed by atoms with E-state index in [1.54, 1.807) is 24.3 Å². The van der Waals surface area contributed by atoms with Crippen molar-refractivity contribution in [3.8, 4) is 0 Å². The van der Waals surface area contributed by atoms with Crippen molar-refractivity contribution < 1.29 is 9.90 Å². The minimum atomic E-state index is -0.238. The molecule has 0 radical (unpaired) electrons. The molecule has 2 N–H and O–H groups in total. The first-order valence-electron chi connectivity index (χ1n) is 9.28. The summed E-state index contributed by atoms with van der Waals surface area (Å²) in [6.07, 6.45) is 0.434. The molecular formula is C21H22ClN3O3S. The number of halogens is 1. The van der Waals surface area contributed by atoms with Gasteiger partial charge in [-0.2, -0.15) is 0 Å². The molecule has 29 heavy (non-hydrogen) atoms. The monoisotopic (exact) mass is 431 g/mol. The molecule has 0 aliphatic rings. The summed E-state index contributed by atoms with van der Waals surface area (Å²) in [5.41, 5.74) is 1.26. The number of benzene rings is 2. The van der Waals surface area contributed by atoms with Gasteiger partial charge in [0.05, 0.1) is 22.7 Å². The molecule has 6 nitrogen and oxygen atoms in total. The highest BCUT2D eigenvalue weighted by atomic mass is 35.5. The topological polar surface area (TPSA) is 84.2 Å². The number of aromatic nitrogens is 2. The summed E-state index contributed by atoms with van der Waals surface area (Å²) in [6.45, 7) is 2.18. The predicted molar refractivity (Wildman–Crippen MR) is 116 cm³/mol. The van der Waals surface area contributed by atoms with Crippen LogP contribution in [0.15, 0.2) is 58.5 Å². The Morgan fingerprint density at radius 2 is 1.97 bits per heavy atom. The van der Waals surface area contributed by atoms with E-state index >= 15 is 0 Å². The van der Waals surface area contributed by atoms with E-state index < -0.39 is 0 Å². The number of para-hydroxylation sites is 1. The minimum Gasteiger partial charge on any atom is -0.396 e. The zero-order chi connectivity index (χ0) is 20.8. The number of fused-ring (bicyclic) bond motifs is 1. The van der Waals surface area contributed by atoms with Crippen LogP contribution in [0.2, 0.25) is 5.02 Å². The van der Waals surface area contributed by atoms with E-state index in [1.165, 1.54) is 16.3 Å². The lowest BCUT2D eigenvalue weighted by Crippen LogP contribution is -2.29. The van der Waals surface area contributed by atoms with Crippen molar-refractivity contribution in [2.45, 2.75) is 31.1 Å². The van der Waals surface area contributed by atoms with Crippen LogP contribution in [0.1, 0.15) is 24.9 Å². The van der Waals surface area contributed by atoms with Gasteiger partial charge in [-0.25, -0.2) is 4.98 Å². The van der Waals surface area contributed by atoms with Crippen LogP contribution >= 0.6 is 23.4 Å². The number of nitrogens with zero attached hydrogens (tertiary/aromatic N) is 2. The molecule has 0 saturated heterocycles. The molecule has 3 rings (SSSR count). The molecule has 0 spiro atoms. The van der Waals surface area contributed by atoms with E-state index in [4.69, 9.17) is 16.7 Å². The average Bonchev–Trinajstić information content (AvgIpc) is 2.72. The zero-order valence-corrected chi connectivity index (χ0v) is 17.5. The normalized spacial score (nSPS) is 12.1. The maximum absolute atomic E-state index is 12.8. The van der Waals surface area contributed by atoms with Crippen LogP contribution in [0.5, 0.6) is 0 Å². The van der Waals surface area contributed by atoms with E-state index in [9.17, 15) is 9.59 Å². The maximum Gasteiger partial charge on any atom is 0.262 e. The molecule has 152 valence electrons. The first-order chi connectivity index (χ1) is 14.0. The summed E-state index contributed by atoms with van der Waals surface area (Å²) in [5.74, 6) is -0.0721. The Balaban J connectivity index is 1.76. The second-order valence-electron chi connectivity index (χ2n) is 6.54. The number of amides is 1. The molecule has 0 saturated carbocycles. The molecular weight excluding hydrogens is 410 g/mol. The zero-order valence-electron chi connectivity index (χ0n) is 16.0. The Morgan fingerprint density at radius 3 is 2.72 bits per heavy atom. The minimum absolute atomic E-state index is 0.0286. The third-order valence-electron chi connectivity index (χ3n) is 4.45. The van der Waals surface area contributed by atoms with Gasteiger partial charge in [0, 0.05) is 18.2 Å². The summed E-state index contributed by atoms with van der Waals surface area (Å²) in [4.78, 5) is 29.8. The molecule has 8 heteroatoms. The SMILES string of the molecule is CC(NC(=O)CSc1nc2ccccc2c(=O)n1CCCO)c1ccccc1Cl. The quantitative estimate of drug-likeness (QED) is 0.422. The molecule has 3 aromatic rings. The summed E-state index contributed by atoms with van der Waals surface area (Å²) >= 11 is 7.39. The molecule has 0 aliphatic heterocycles. The van der Waals surface area contributed by atoms with Crippen LogP contribution in [0.4, 0.5) is 0 Å². The van der Waals surface area contributed by atoms with E-state index in [-0.39, 0.29) is 29.9 Å². The van der Waals surface area contributed by atoms with Crippen molar-refractivity contribution in [2.24, 2.45) is 0 Å². The van der Waals surface area contributed by atoms with Crippen LogP contribution in [-0.4, -0.2) is 32.9 Å². The molecule has 1 heterocycles. The number of aliphatic hydroxyl groups excluding tert-OH is 1. The number of thioether (sulfide) groups is 1. The maximum atomic E-state index is 12.8. The first-order valence-corrected chi connectivity index (χ1v) is 10.6. The molecule has 0 aliphatic carbocycles. The number of nitrogens with one attached hydrogen (secondary N) is 1. The van der Waals surface area contributed by atoms with E-state index in [2.05, 4.69) is 10.3 Å². The second-order valence-corrected chi connectivity index (χ2v) is 7.89. The van der Waals surface area contributed by atoms with Gasteiger partial charge in [-0.1, -0.05) is 53.7 Å². The number of carbonyl (C=O) groups is 1. The Bertz CT molecular complexity index is 1070. The van der Waals surface area contributed by atoms with Crippen LogP contribution in [0.25, 0.3) is 10.9 Å². The molecule has 0 fully saturated rings. The van der Waals surface area contributed by atoms with E-state index in [0.29, 0.717) is 34.0 Å². The van der Waals surface area contributed by atoms with Gasteiger partial charge >= 0.3 is 0 Å². The molecule has 1 unspecified atom stereocenters. The van der Waals surface area contributed by atoms with Gasteiger partial charge in [0.1, 0.15) is 0 Å². The third-order valence-corrected chi connectivity index (χ3v) is 5.77. The standard InChI is InChI=1S/C21H22ClN3O3S/c1-14(15-7-2-4-9-17(15)22)23-19(27)13-29-21-24-18-10-5-3-8-16(18)20(28)25(21)11-6-12-26/h2-5,7-10,14,26H,6,11-13H2,1H3,(H,23,27). The fourth-order valence-corrected chi connectivity index (χ4v) is 4.14. The average molecular weight is 432 g/mol. The smallest absolute Gasteiger partial charge is 0.262 e. The fourth-order valence-electron chi connectivity index (χ4n) is 3.00. The number of rotatable bonds is 8. The fraction of sp³-hybridized carbons (Fsp3) is 0.286. The van der Waals surface area contributed by atoms with Crippen LogP contribution < -0.4 is 10.9 Å². The van der Waals surface area contributed by atoms with Gasteiger partial charge in [-0.3, -0.25) is 14.2 Å². The van der Waals surface area contributed by atoms with Crippen LogP contribution in [0, 0.1) is 0 Å². The molecule has 1 amide bonds. The highest BCUT2D eigenvalue weighted by Crippen LogP contribution is 2.23. The van der Waals surface area contributed by atoms with E-state index in [1.807, 2.05) is 31.2 Å². The first kappa shape index (κ1) is 21.4. The summed E-state index contributed by atoms with van der Waals surface area (Å²) in [5, 5.41) is 13.7. The van der Waals surface area contributed by atoms with Crippen molar-refractivity contribution in [3.05, 3.63) is 69.5 Å². The number of hydrogen-bond acceptors (Lipinski definition) is 5. The number of aliphatic hydroxyl groups is 1. The van der Waals surface area contributed by atoms with Gasteiger partial charge in [0.15, 0.2) is 5.16 Å². The number of hydrogen-bond donors (Lipinski definition) is 2. The van der Waals surface area contributed by atoms with Crippen molar-refractivity contribution in [1.82, 2.24) is 14.9 Å². The van der Waals surface area contributed by atoms with Gasteiger partial charge < -0.3 is 10.4 Å². The highest BCUT2D eigenvalue weighted by Gasteiger charge is 2.15. The van der Waals surface area contributed by atoms with Gasteiger partial charge in [-0.05, 0) is 37.1 Å². The molecule has 1 aromatic heterocycles. The van der Waals surface area contributed by atoms with Gasteiger partial charge in [0.2, 0.25) is 5.91 Å². The van der Waals surface area contributed by atoms with E-state index in [0.717, 1.165) is 5.56 Å². The lowest BCUT2D eigenvalue weighted by Gasteiger charge is -2.16. The van der Waals surface area contributed by atoms with Crippen LogP contribution in [-0.2, 0) is 11.3 Å². The Kier molecular flexibility index (Phi) is 7.30. The molecule has 1 atom stereocenters. The third kappa shape index (κ3) is 5.18. The Morgan fingerprint density at radius 1 is 1.24 bits per heavy atom. The predicted octanol–water partition coefficient (Wildman–Crippen LogP) is 3.40. The lowest BCUT2D eigenvalue weighted by atomic mass is 10.1. The van der Waals surface area contributed by atoms with Crippen LogP contribution in [0.3, 0.4) is 0 Å². The van der Waals surface area contributed by atoms with Gasteiger partial charge in [0.25, 0.3) is 5.56 Å². The molecule has 0 bridgehead atoms. The largest absolute Gasteiger partial charge is 0.396 e. The van der Waals surface area contributed by atoms with Crippen molar-refractivity contribution in [3.63, 3.8) is 0 Å². The summed E-state index contributed by atoms with van der Waals surface area (Å²) in [6, 6.07) is 14.2. The van der Waals surface area contributed by atoms with Crippen molar-refractivity contribution >= 4 is 40.2 Å². The van der Waals surface area contributed by atoms with Crippen molar-refractivity contribution in [2.75, 3.05) is 12.4 Å². The Labute approximate surface area is 177 Å². The highest BCUT2D eigenvalue weighted by molar-refractivity contribution is 7.99. The Hall–Kier alpha value is -2.35. The molecule has 2 aromatic carbocycles. The number of carbonyl (C=O) groups excluding carboxylic acids is 1. The lowest BCUT2D eigenvalue weighted by molar-refractivity contribution is -0.119. The summed E-state index contributed by atoms with van der Waals surface area (Å²) < 4.78 is 1.52. The van der Waals surface area contributed by atoms with Crippen molar-refractivity contribution in [1.29, 1.82) is 0 Å². The van der Waals surface area contributed by atoms with Gasteiger partial charge in [-0.15, -0.1) is 0 Å².